The Morgan fingerprint density at radius 3 is 2.85 bits per heavy atom. The molecule has 9 nitrogen and oxygen atoms in total. The van der Waals surface area contributed by atoms with E-state index in [4.69, 9.17) is 10.5 Å². The molecule has 0 aromatic carbocycles. The molecule has 2 heterocycles. The van der Waals surface area contributed by atoms with Gasteiger partial charge >= 0.3 is 11.9 Å². The molecule has 0 saturated carbocycles. The van der Waals surface area contributed by atoms with Gasteiger partial charge < -0.3 is 20.6 Å². The van der Waals surface area contributed by atoms with E-state index in [-0.39, 0.29) is 12.4 Å². The molecular weight excluding hydrogens is 266 g/mol. The molecule has 0 aliphatic heterocycles. The zero-order valence-electron chi connectivity index (χ0n) is 10.2. The largest absolute Gasteiger partial charge is 0.436 e. The van der Waals surface area contributed by atoms with E-state index < -0.39 is 17.1 Å². The molecule has 0 bridgehead atoms. The van der Waals surface area contributed by atoms with Crippen molar-refractivity contribution in [2.45, 2.75) is 12.6 Å². The lowest BCUT2D eigenvalue weighted by atomic mass is 10.2. The van der Waals surface area contributed by atoms with Crippen LogP contribution in [0.1, 0.15) is 11.8 Å². The Bertz CT molecular complexity index is 612. The van der Waals surface area contributed by atoms with E-state index >= 15 is 0 Å². The smallest absolute Gasteiger partial charge is 0.405 e. The van der Waals surface area contributed by atoms with E-state index in [0.717, 1.165) is 4.68 Å². The van der Waals surface area contributed by atoms with Crippen molar-refractivity contribution in [3.05, 3.63) is 52.5 Å². The predicted octanol–water partition coefficient (Wildman–Crippen LogP) is 1.02. The number of primary amides is 1. The van der Waals surface area contributed by atoms with Crippen LogP contribution in [0.3, 0.4) is 0 Å². The van der Waals surface area contributed by atoms with Crippen LogP contribution >= 0.6 is 0 Å². The van der Waals surface area contributed by atoms with Gasteiger partial charge in [0.1, 0.15) is 0 Å². The van der Waals surface area contributed by atoms with E-state index in [0.29, 0.717) is 5.69 Å². The fourth-order valence-electron chi connectivity index (χ4n) is 1.68. The standard InChI is InChI=1S/C11H11N5O4/c12-11(17)20-9(8-3-1-2-5-13-8)7-15-10(16(18)19)4-6-14-15/h1-6,9H,7H2,(H2,12,17). The Morgan fingerprint density at radius 2 is 2.25 bits per heavy atom. The highest BCUT2D eigenvalue weighted by atomic mass is 16.6. The quantitative estimate of drug-likeness (QED) is 0.642. The molecule has 1 unspecified atom stereocenters. The van der Waals surface area contributed by atoms with Crippen molar-refractivity contribution < 1.29 is 14.5 Å². The van der Waals surface area contributed by atoms with Crippen molar-refractivity contribution in [2.24, 2.45) is 5.73 Å². The third-order valence-electron chi connectivity index (χ3n) is 2.50. The van der Waals surface area contributed by atoms with Crippen LogP contribution in [0.15, 0.2) is 36.7 Å². The number of nitrogens with two attached hydrogens (primary N) is 1. The molecular formula is C11H11N5O4. The molecule has 0 saturated heterocycles. The average Bonchev–Trinajstić information content (AvgIpc) is 2.87. The number of hydrogen-bond donors (Lipinski definition) is 1. The van der Waals surface area contributed by atoms with Gasteiger partial charge in [-0.1, -0.05) is 11.2 Å². The predicted molar refractivity (Wildman–Crippen MR) is 66.5 cm³/mol. The first kappa shape index (κ1) is 13.5. The van der Waals surface area contributed by atoms with Crippen LogP contribution in [0, 0.1) is 10.1 Å². The molecule has 0 aliphatic rings. The van der Waals surface area contributed by atoms with Crippen LogP contribution in [0.25, 0.3) is 0 Å². The van der Waals surface area contributed by atoms with Gasteiger partial charge in [-0.2, -0.15) is 0 Å². The van der Waals surface area contributed by atoms with E-state index in [1.165, 1.54) is 18.5 Å². The Balaban J connectivity index is 2.26. The molecule has 104 valence electrons. The highest BCUT2D eigenvalue weighted by Gasteiger charge is 2.24. The molecule has 1 atom stereocenters. The Kier molecular flexibility index (Phi) is 3.89. The summed E-state index contributed by atoms with van der Waals surface area (Å²) in [6.07, 6.45) is 0.963. The lowest BCUT2D eigenvalue weighted by molar-refractivity contribution is -0.392. The van der Waals surface area contributed by atoms with E-state index in [2.05, 4.69) is 10.1 Å². The van der Waals surface area contributed by atoms with Gasteiger partial charge in [-0.05, 0) is 17.1 Å². The third kappa shape index (κ3) is 3.07. The van der Waals surface area contributed by atoms with Gasteiger partial charge in [-0.25, -0.2) is 4.79 Å². The number of aromatic nitrogens is 3. The second-order valence-electron chi connectivity index (χ2n) is 3.81. The maximum absolute atomic E-state index is 10.9. The molecule has 0 fully saturated rings. The molecule has 2 N–H and O–H groups in total. The molecule has 0 aliphatic carbocycles. The van der Waals surface area contributed by atoms with Gasteiger partial charge in [0.05, 0.1) is 18.0 Å². The summed E-state index contributed by atoms with van der Waals surface area (Å²) in [5.41, 5.74) is 5.43. The Hall–Kier alpha value is -2.97. The van der Waals surface area contributed by atoms with Crippen molar-refractivity contribution in [1.82, 2.24) is 14.8 Å². The van der Waals surface area contributed by atoms with Crippen LogP contribution in [0.2, 0.25) is 0 Å². The molecule has 20 heavy (non-hydrogen) atoms. The van der Waals surface area contributed by atoms with Crippen LogP contribution in [-0.4, -0.2) is 25.8 Å². The van der Waals surface area contributed by atoms with Crippen LogP contribution in [0.4, 0.5) is 10.6 Å². The molecule has 2 aromatic heterocycles. The molecule has 2 rings (SSSR count). The zero-order valence-corrected chi connectivity index (χ0v) is 10.2. The number of nitrogens with zero attached hydrogens (tertiary/aromatic N) is 4. The molecule has 1 amide bonds. The minimum atomic E-state index is -0.990. The lowest BCUT2D eigenvalue weighted by Crippen LogP contribution is -2.22. The number of rotatable bonds is 5. The summed E-state index contributed by atoms with van der Waals surface area (Å²) in [6.45, 7) is -0.0523. The van der Waals surface area contributed by atoms with Crippen molar-refractivity contribution in [1.29, 1.82) is 0 Å². The second kappa shape index (κ2) is 5.78. The molecule has 0 radical (unpaired) electrons. The topological polar surface area (TPSA) is 126 Å². The lowest BCUT2D eigenvalue weighted by Gasteiger charge is -2.13. The van der Waals surface area contributed by atoms with Crippen molar-refractivity contribution >= 4 is 11.9 Å². The first-order valence-electron chi connectivity index (χ1n) is 5.61. The van der Waals surface area contributed by atoms with Gasteiger partial charge in [0.2, 0.25) is 0 Å². The first-order valence-corrected chi connectivity index (χ1v) is 5.61. The van der Waals surface area contributed by atoms with Gasteiger partial charge in [0.25, 0.3) is 0 Å². The number of pyridine rings is 1. The summed E-state index contributed by atoms with van der Waals surface area (Å²) in [6, 6.07) is 6.28. The fraction of sp³-hybridized carbons (Fsp3) is 0.182. The average molecular weight is 277 g/mol. The van der Waals surface area contributed by atoms with Gasteiger partial charge in [0.15, 0.2) is 12.6 Å². The Labute approximate surface area is 113 Å². The van der Waals surface area contributed by atoms with Crippen LogP contribution in [-0.2, 0) is 11.3 Å². The van der Waals surface area contributed by atoms with E-state index in [1.807, 2.05) is 0 Å². The Morgan fingerprint density at radius 1 is 1.45 bits per heavy atom. The van der Waals surface area contributed by atoms with Crippen molar-refractivity contribution in [3.8, 4) is 0 Å². The minimum absolute atomic E-state index is 0.0523. The monoisotopic (exact) mass is 277 g/mol. The SMILES string of the molecule is NC(=O)OC(Cn1nccc1[N+](=O)[O-])c1ccccn1. The number of amides is 1. The van der Waals surface area contributed by atoms with Gasteiger partial charge in [-0.15, -0.1) is 4.68 Å². The number of hydrogen-bond acceptors (Lipinski definition) is 6. The summed E-state index contributed by atoms with van der Waals surface area (Å²) in [7, 11) is 0. The maximum Gasteiger partial charge on any atom is 0.405 e. The summed E-state index contributed by atoms with van der Waals surface area (Å²) < 4.78 is 6.05. The number of ether oxygens (including phenoxy) is 1. The summed E-state index contributed by atoms with van der Waals surface area (Å²) >= 11 is 0. The summed E-state index contributed by atoms with van der Waals surface area (Å²) in [5.74, 6) is -0.209. The van der Waals surface area contributed by atoms with Crippen molar-refractivity contribution in [3.63, 3.8) is 0 Å². The molecule has 2 aromatic rings. The summed E-state index contributed by atoms with van der Waals surface area (Å²) in [5, 5.41) is 14.6. The minimum Gasteiger partial charge on any atom is -0.436 e. The van der Waals surface area contributed by atoms with Crippen LogP contribution < -0.4 is 5.73 Å². The van der Waals surface area contributed by atoms with Gasteiger partial charge in [0, 0.05) is 6.20 Å². The number of carbonyl (C=O) groups is 1. The normalized spacial score (nSPS) is 11.8. The first-order chi connectivity index (χ1) is 9.58. The molecule has 0 spiro atoms. The maximum atomic E-state index is 10.9. The second-order valence-corrected chi connectivity index (χ2v) is 3.81. The highest BCUT2D eigenvalue weighted by molar-refractivity contribution is 5.64. The number of nitro groups is 1. The van der Waals surface area contributed by atoms with Crippen LogP contribution in [0.5, 0.6) is 0 Å². The third-order valence-corrected chi connectivity index (χ3v) is 2.50. The van der Waals surface area contributed by atoms with Gasteiger partial charge in [-0.3, -0.25) is 4.98 Å². The number of carbonyl (C=O) groups excluding carboxylic acids is 1. The van der Waals surface area contributed by atoms with Crippen molar-refractivity contribution in [2.75, 3.05) is 0 Å². The summed E-state index contributed by atoms with van der Waals surface area (Å²) in [4.78, 5) is 25.2. The zero-order chi connectivity index (χ0) is 14.5. The molecule has 9 heteroatoms. The van der Waals surface area contributed by atoms with E-state index in [9.17, 15) is 14.9 Å². The fourth-order valence-corrected chi connectivity index (χ4v) is 1.68. The highest BCUT2D eigenvalue weighted by Crippen LogP contribution is 2.20. The van der Waals surface area contributed by atoms with E-state index in [1.54, 1.807) is 18.2 Å².